The van der Waals surface area contributed by atoms with Crippen molar-refractivity contribution in [2.24, 2.45) is 0 Å². The number of anilines is 1. The highest BCUT2D eigenvalue weighted by molar-refractivity contribution is 7.99. The van der Waals surface area contributed by atoms with Gasteiger partial charge in [0.25, 0.3) is 0 Å². The topological polar surface area (TPSA) is 40.2 Å². The number of nitrogens with zero attached hydrogens (tertiary/aromatic N) is 2. The molecule has 2 aromatic rings. The minimum Gasteiger partial charge on any atom is -0.362 e. The van der Waals surface area contributed by atoms with E-state index in [9.17, 15) is 0 Å². The summed E-state index contributed by atoms with van der Waals surface area (Å²) in [6, 6.07) is 11.8. The van der Waals surface area contributed by atoms with Crippen LogP contribution in [0.3, 0.4) is 0 Å². The molecular weight excluding hydrogens is 360 g/mol. The maximum atomic E-state index is 5.88. The first-order valence-corrected chi connectivity index (χ1v) is 9.34. The third-order valence-electron chi connectivity index (χ3n) is 3.20. The molecule has 2 rings (SSSR count). The number of aromatic nitrogens is 1. The predicted octanol–water partition coefficient (Wildman–Crippen LogP) is 3.56. The van der Waals surface area contributed by atoms with E-state index in [1.807, 2.05) is 55.4 Å². The van der Waals surface area contributed by atoms with Gasteiger partial charge in [-0.25, -0.2) is 4.98 Å². The molecular formula is C17H21ClN4S2. The molecule has 0 saturated carbocycles. The molecule has 128 valence electrons. The molecule has 0 radical (unpaired) electrons. The van der Waals surface area contributed by atoms with Gasteiger partial charge in [0.15, 0.2) is 5.11 Å². The number of rotatable bonds is 7. The fraction of sp³-hybridized carbons (Fsp3) is 0.294. The van der Waals surface area contributed by atoms with E-state index in [1.165, 1.54) is 4.90 Å². The van der Waals surface area contributed by atoms with Crippen LogP contribution in [0.1, 0.15) is 5.56 Å². The number of nitrogens with one attached hydrogen (secondary N) is 2. The molecule has 7 heteroatoms. The van der Waals surface area contributed by atoms with Gasteiger partial charge in [-0.1, -0.05) is 17.7 Å². The first-order valence-electron chi connectivity index (χ1n) is 7.57. The zero-order valence-corrected chi connectivity index (χ0v) is 16.1. The number of halogens is 1. The maximum Gasteiger partial charge on any atom is 0.166 e. The second kappa shape index (κ2) is 9.71. The van der Waals surface area contributed by atoms with Crippen molar-refractivity contribution in [2.45, 2.75) is 11.4 Å². The molecule has 0 aliphatic carbocycles. The number of hydrogen-bond donors (Lipinski definition) is 2. The molecule has 2 N–H and O–H groups in total. The van der Waals surface area contributed by atoms with Gasteiger partial charge in [0.05, 0.1) is 0 Å². The van der Waals surface area contributed by atoms with E-state index in [4.69, 9.17) is 23.8 Å². The van der Waals surface area contributed by atoms with Crippen LogP contribution in [-0.2, 0) is 6.54 Å². The quantitative estimate of drug-likeness (QED) is 0.435. The fourth-order valence-corrected chi connectivity index (χ4v) is 3.14. The minimum absolute atomic E-state index is 0.650. The molecule has 24 heavy (non-hydrogen) atoms. The summed E-state index contributed by atoms with van der Waals surface area (Å²) >= 11 is 13.0. The summed E-state index contributed by atoms with van der Waals surface area (Å²) in [5.41, 5.74) is 1.11. The SMILES string of the molecule is CN(C)c1ncccc1CNC(=S)NCCSc1ccc(Cl)cc1. The Hall–Kier alpha value is -1.50. The number of thiocarbonyl (C=S) groups is 1. The van der Waals surface area contributed by atoms with Crippen LogP contribution in [0.15, 0.2) is 47.5 Å². The van der Waals surface area contributed by atoms with Gasteiger partial charge in [-0.2, -0.15) is 0 Å². The second-order valence-corrected chi connectivity index (χ2v) is 7.31. The normalized spacial score (nSPS) is 10.3. The molecule has 0 amide bonds. The summed E-state index contributed by atoms with van der Waals surface area (Å²) in [4.78, 5) is 7.58. The highest BCUT2D eigenvalue weighted by Crippen LogP contribution is 2.19. The Kier molecular flexibility index (Phi) is 7.62. The van der Waals surface area contributed by atoms with E-state index in [0.717, 1.165) is 28.7 Å². The molecule has 0 fully saturated rings. The van der Waals surface area contributed by atoms with Crippen LogP contribution >= 0.6 is 35.6 Å². The summed E-state index contributed by atoms with van der Waals surface area (Å²) in [5.74, 6) is 1.88. The molecule has 0 atom stereocenters. The van der Waals surface area contributed by atoms with Gasteiger partial charge >= 0.3 is 0 Å². The van der Waals surface area contributed by atoms with Gasteiger partial charge in [-0.15, -0.1) is 11.8 Å². The average Bonchev–Trinajstić information content (AvgIpc) is 2.58. The van der Waals surface area contributed by atoms with Crippen LogP contribution in [0.5, 0.6) is 0 Å². The molecule has 0 saturated heterocycles. The molecule has 1 heterocycles. The van der Waals surface area contributed by atoms with Gasteiger partial charge in [0.1, 0.15) is 5.82 Å². The van der Waals surface area contributed by atoms with Crippen molar-refractivity contribution in [2.75, 3.05) is 31.3 Å². The van der Waals surface area contributed by atoms with Crippen molar-refractivity contribution in [3.63, 3.8) is 0 Å². The first-order chi connectivity index (χ1) is 11.6. The Morgan fingerprint density at radius 3 is 2.67 bits per heavy atom. The van der Waals surface area contributed by atoms with Crippen molar-refractivity contribution in [3.8, 4) is 0 Å². The minimum atomic E-state index is 0.650. The Morgan fingerprint density at radius 2 is 1.96 bits per heavy atom. The summed E-state index contributed by atoms with van der Waals surface area (Å²) < 4.78 is 0. The van der Waals surface area contributed by atoms with Gasteiger partial charge < -0.3 is 15.5 Å². The Bertz CT molecular complexity index is 662. The summed E-state index contributed by atoms with van der Waals surface area (Å²) in [7, 11) is 3.97. The lowest BCUT2D eigenvalue weighted by molar-refractivity contribution is 0.848. The standard InChI is InChI=1S/C17H21ClN4S2/c1-22(2)16-13(4-3-9-19-16)12-21-17(23)20-10-11-24-15-7-5-14(18)6-8-15/h3-9H,10-12H2,1-2H3,(H2,20,21,23). The van der Waals surface area contributed by atoms with Gasteiger partial charge in [-0.05, 0) is 42.5 Å². The van der Waals surface area contributed by atoms with Crippen LogP contribution < -0.4 is 15.5 Å². The van der Waals surface area contributed by atoms with E-state index in [-0.39, 0.29) is 0 Å². The third kappa shape index (κ3) is 6.19. The Balaban J connectivity index is 1.69. The third-order valence-corrected chi connectivity index (χ3v) is 4.75. The molecule has 0 bridgehead atoms. The summed E-state index contributed by atoms with van der Waals surface area (Å²) in [5, 5.41) is 7.86. The van der Waals surface area contributed by atoms with Gasteiger partial charge in [0.2, 0.25) is 0 Å². The first kappa shape index (κ1) is 18.8. The summed E-state index contributed by atoms with van der Waals surface area (Å²) in [6.07, 6.45) is 1.80. The van der Waals surface area contributed by atoms with Crippen LogP contribution in [0.25, 0.3) is 0 Å². The average molecular weight is 381 g/mol. The fourth-order valence-electron chi connectivity index (χ4n) is 2.07. The Morgan fingerprint density at radius 1 is 1.21 bits per heavy atom. The van der Waals surface area contributed by atoms with E-state index >= 15 is 0 Å². The number of hydrogen-bond acceptors (Lipinski definition) is 4. The molecule has 0 aliphatic rings. The molecule has 1 aromatic heterocycles. The Labute approximate surface area is 158 Å². The van der Waals surface area contributed by atoms with Crippen LogP contribution in [0, 0.1) is 0 Å². The van der Waals surface area contributed by atoms with Crippen molar-refractivity contribution in [1.29, 1.82) is 0 Å². The largest absolute Gasteiger partial charge is 0.362 e. The van der Waals surface area contributed by atoms with Crippen LogP contribution in [-0.4, -0.2) is 36.5 Å². The van der Waals surface area contributed by atoms with Crippen molar-refractivity contribution >= 4 is 46.5 Å². The lowest BCUT2D eigenvalue weighted by atomic mass is 10.2. The predicted molar refractivity (Wildman–Crippen MR) is 108 cm³/mol. The van der Waals surface area contributed by atoms with Gasteiger partial charge in [0, 0.05) is 54.6 Å². The number of benzene rings is 1. The van der Waals surface area contributed by atoms with Crippen LogP contribution in [0.4, 0.5) is 5.82 Å². The summed E-state index contributed by atoms with van der Waals surface area (Å²) in [6.45, 7) is 1.45. The lowest BCUT2D eigenvalue weighted by Crippen LogP contribution is -2.36. The highest BCUT2D eigenvalue weighted by atomic mass is 35.5. The van der Waals surface area contributed by atoms with E-state index in [2.05, 4.69) is 15.6 Å². The molecule has 1 aromatic carbocycles. The highest BCUT2D eigenvalue weighted by Gasteiger charge is 2.05. The molecule has 0 unspecified atom stereocenters. The van der Waals surface area contributed by atoms with Gasteiger partial charge in [-0.3, -0.25) is 0 Å². The molecule has 0 spiro atoms. The maximum absolute atomic E-state index is 5.88. The lowest BCUT2D eigenvalue weighted by Gasteiger charge is -2.17. The van der Waals surface area contributed by atoms with Crippen LogP contribution in [0.2, 0.25) is 5.02 Å². The van der Waals surface area contributed by atoms with Crippen molar-refractivity contribution in [1.82, 2.24) is 15.6 Å². The molecule has 0 aliphatic heterocycles. The van der Waals surface area contributed by atoms with Crippen molar-refractivity contribution in [3.05, 3.63) is 53.2 Å². The molecule has 4 nitrogen and oxygen atoms in total. The second-order valence-electron chi connectivity index (χ2n) is 5.29. The smallest absolute Gasteiger partial charge is 0.166 e. The van der Waals surface area contributed by atoms with E-state index in [0.29, 0.717) is 11.7 Å². The van der Waals surface area contributed by atoms with E-state index in [1.54, 1.807) is 18.0 Å². The number of thioether (sulfide) groups is 1. The monoisotopic (exact) mass is 380 g/mol. The zero-order chi connectivity index (χ0) is 17.4. The van der Waals surface area contributed by atoms with Crippen molar-refractivity contribution < 1.29 is 0 Å². The number of pyridine rings is 1. The van der Waals surface area contributed by atoms with E-state index < -0.39 is 0 Å². The zero-order valence-electron chi connectivity index (χ0n) is 13.8.